The SMILES string of the molecule is Cc1cc2c(-c3ccc(F)cc3F)cc(C3CCOC(c4cnn(C5CC5)c4)C3)nc2nc1C. The Bertz CT molecular complexity index is 1400. The highest BCUT2D eigenvalue weighted by atomic mass is 19.1. The molecule has 2 unspecified atom stereocenters. The lowest BCUT2D eigenvalue weighted by molar-refractivity contribution is 0.00464. The van der Waals surface area contributed by atoms with E-state index in [2.05, 4.69) is 11.3 Å². The van der Waals surface area contributed by atoms with Crippen molar-refractivity contribution in [1.82, 2.24) is 19.7 Å². The molecule has 5 nitrogen and oxygen atoms in total. The van der Waals surface area contributed by atoms with Gasteiger partial charge in [-0.05, 0) is 74.9 Å². The molecule has 0 bridgehead atoms. The molecule has 0 N–H and O–H groups in total. The number of aryl methyl sites for hydroxylation is 2. The van der Waals surface area contributed by atoms with Crippen LogP contribution in [0.25, 0.3) is 22.2 Å². The molecule has 1 aliphatic carbocycles. The molecule has 4 aromatic rings. The van der Waals surface area contributed by atoms with Crippen LogP contribution in [-0.4, -0.2) is 26.4 Å². The van der Waals surface area contributed by atoms with Gasteiger partial charge in [-0.15, -0.1) is 0 Å². The molecule has 1 aliphatic heterocycles. The second kappa shape index (κ2) is 8.24. The monoisotopic (exact) mass is 460 g/mol. The molecule has 2 atom stereocenters. The summed E-state index contributed by atoms with van der Waals surface area (Å²) in [7, 11) is 0. The Morgan fingerprint density at radius 1 is 1.00 bits per heavy atom. The molecule has 1 saturated carbocycles. The lowest BCUT2D eigenvalue weighted by atomic mass is 9.88. The van der Waals surface area contributed by atoms with E-state index in [1.54, 1.807) is 0 Å². The lowest BCUT2D eigenvalue weighted by Crippen LogP contribution is -2.19. The van der Waals surface area contributed by atoms with Gasteiger partial charge in [-0.3, -0.25) is 4.68 Å². The van der Waals surface area contributed by atoms with Crippen molar-refractivity contribution in [3.63, 3.8) is 0 Å². The first-order chi connectivity index (χ1) is 16.5. The number of nitrogens with zero attached hydrogens (tertiary/aromatic N) is 4. The van der Waals surface area contributed by atoms with E-state index in [0.717, 1.165) is 46.8 Å². The summed E-state index contributed by atoms with van der Waals surface area (Å²) in [5.74, 6) is -1.05. The Morgan fingerprint density at radius 3 is 2.65 bits per heavy atom. The van der Waals surface area contributed by atoms with Crippen molar-refractivity contribution in [3.05, 3.63) is 76.9 Å². The maximum absolute atomic E-state index is 14.9. The molecule has 34 heavy (non-hydrogen) atoms. The zero-order valence-electron chi connectivity index (χ0n) is 19.3. The first kappa shape index (κ1) is 21.4. The first-order valence-electron chi connectivity index (χ1n) is 11.9. The quantitative estimate of drug-likeness (QED) is 0.356. The Hall–Kier alpha value is -3.19. The molecule has 0 amide bonds. The van der Waals surface area contributed by atoms with Crippen LogP contribution in [0.4, 0.5) is 8.78 Å². The molecule has 0 spiro atoms. The van der Waals surface area contributed by atoms with Crippen molar-refractivity contribution in [2.75, 3.05) is 6.61 Å². The Balaban J connectivity index is 1.41. The predicted octanol–water partition coefficient (Wildman–Crippen LogP) is 6.36. The Morgan fingerprint density at radius 2 is 1.85 bits per heavy atom. The van der Waals surface area contributed by atoms with Crippen LogP contribution < -0.4 is 0 Å². The summed E-state index contributed by atoms with van der Waals surface area (Å²) in [6.07, 6.45) is 7.92. The Labute approximate surface area is 196 Å². The van der Waals surface area contributed by atoms with E-state index in [0.29, 0.717) is 29.4 Å². The number of hydrogen-bond acceptors (Lipinski definition) is 4. The van der Waals surface area contributed by atoms with Crippen LogP contribution in [0, 0.1) is 25.5 Å². The minimum atomic E-state index is -0.594. The maximum atomic E-state index is 14.9. The molecule has 174 valence electrons. The van der Waals surface area contributed by atoms with Crippen LogP contribution in [0.2, 0.25) is 0 Å². The molecule has 6 rings (SSSR count). The van der Waals surface area contributed by atoms with Gasteiger partial charge >= 0.3 is 0 Å². The highest BCUT2D eigenvalue weighted by Gasteiger charge is 2.30. The van der Waals surface area contributed by atoms with Gasteiger partial charge in [0.15, 0.2) is 5.65 Å². The molecular weight excluding hydrogens is 434 g/mol. The largest absolute Gasteiger partial charge is 0.373 e. The summed E-state index contributed by atoms with van der Waals surface area (Å²) in [5, 5.41) is 5.29. The van der Waals surface area contributed by atoms with Crippen molar-refractivity contribution >= 4 is 11.0 Å². The fraction of sp³-hybridized carbons (Fsp3) is 0.370. The molecule has 3 aromatic heterocycles. The van der Waals surface area contributed by atoms with Crippen LogP contribution in [0.5, 0.6) is 0 Å². The van der Waals surface area contributed by atoms with Crippen molar-refractivity contribution in [3.8, 4) is 11.1 Å². The smallest absolute Gasteiger partial charge is 0.160 e. The van der Waals surface area contributed by atoms with Gasteiger partial charge in [-0.2, -0.15) is 5.10 Å². The van der Waals surface area contributed by atoms with Gasteiger partial charge in [0.05, 0.1) is 18.3 Å². The van der Waals surface area contributed by atoms with Gasteiger partial charge in [0.2, 0.25) is 0 Å². The number of hydrogen-bond donors (Lipinski definition) is 0. The molecule has 2 aliphatic rings. The second-order valence-corrected chi connectivity index (χ2v) is 9.55. The molecule has 0 radical (unpaired) electrons. The highest BCUT2D eigenvalue weighted by Crippen LogP contribution is 2.41. The predicted molar refractivity (Wildman–Crippen MR) is 126 cm³/mol. The van der Waals surface area contributed by atoms with Gasteiger partial charge < -0.3 is 4.74 Å². The summed E-state index contributed by atoms with van der Waals surface area (Å²) in [6, 6.07) is 8.19. The molecule has 2 fully saturated rings. The second-order valence-electron chi connectivity index (χ2n) is 9.55. The van der Waals surface area contributed by atoms with Gasteiger partial charge in [0.25, 0.3) is 0 Å². The van der Waals surface area contributed by atoms with Gasteiger partial charge in [0, 0.05) is 52.7 Å². The third-order valence-electron chi connectivity index (χ3n) is 7.10. The van der Waals surface area contributed by atoms with Crippen molar-refractivity contribution in [2.45, 2.75) is 57.6 Å². The Kier molecular flexibility index (Phi) is 5.17. The number of rotatable bonds is 4. The van der Waals surface area contributed by atoms with Gasteiger partial charge in [0.1, 0.15) is 11.6 Å². The van der Waals surface area contributed by atoms with E-state index in [1.165, 1.54) is 25.0 Å². The molecule has 1 saturated heterocycles. The third-order valence-corrected chi connectivity index (χ3v) is 7.10. The maximum Gasteiger partial charge on any atom is 0.160 e. The minimum Gasteiger partial charge on any atom is -0.373 e. The summed E-state index contributed by atoms with van der Waals surface area (Å²) in [5.41, 5.74) is 5.48. The normalized spacial score (nSPS) is 20.7. The summed E-state index contributed by atoms with van der Waals surface area (Å²) >= 11 is 0. The van der Waals surface area contributed by atoms with E-state index < -0.39 is 11.6 Å². The van der Waals surface area contributed by atoms with E-state index in [-0.39, 0.29) is 12.0 Å². The number of benzene rings is 1. The van der Waals surface area contributed by atoms with E-state index in [4.69, 9.17) is 14.7 Å². The molecular formula is C27H26F2N4O. The van der Waals surface area contributed by atoms with E-state index >= 15 is 0 Å². The summed E-state index contributed by atoms with van der Waals surface area (Å²) < 4.78 is 36.6. The van der Waals surface area contributed by atoms with Crippen molar-refractivity contribution < 1.29 is 13.5 Å². The molecule has 7 heteroatoms. The zero-order valence-corrected chi connectivity index (χ0v) is 19.3. The third kappa shape index (κ3) is 3.88. The number of aromatic nitrogens is 4. The summed E-state index contributed by atoms with van der Waals surface area (Å²) in [4.78, 5) is 9.64. The molecule has 1 aromatic carbocycles. The first-order valence-corrected chi connectivity index (χ1v) is 11.9. The lowest BCUT2D eigenvalue weighted by Gasteiger charge is -2.29. The molecule has 4 heterocycles. The van der Waals surface area contributed by atoms with Crippen LogP contribution in [0.1, 0.15) is 66.3 Å². The topological polar surface area (TPSA) is 52.8 Å². The highest BCUT2D eigenvalue weighted by molar-refractivity contribution is 5.93. The summed E-state index contributed by atoms with van der Waals surface area (Å²) in [6.45, 7) is 4.54. The van der Waals surface area contributed by atoms with Crippen LogP contribution in [-0.2, 0) is 4.74 Å². The fourth-order valence-corrected chi connectivity index (χ4v) is 4.85. The standard InChI is InChI=1S/C27H26F2N4O/c1-15-9-23-22(21-6-3-19(28)11-24(21)29)12-25(32-27(23)31-16(15)2)17-7-8-34-26(10-17)18-13-30-33(14-18)20-4-5-20/h3,6,9,11-14,17,20,26H,4-5,7-8,10H2,1-2H3. The minimum absolute atomic E-state index is 0.0533. The number of ether oxygens (including phenoxy) is 1. The van der Waals surface area contributed by atoms with Crippen molar-refractivity contribution in [2.24, 2.45) is 0 Å². The average Bonchev–Trinajstić information content (AvgIpc) is 3.56. The van der Waals surface area contributed by atoms with Crippen LogP contribution >= 0.6 is 0 Å². The van der Waals surface area contributed by atoms with E-state index in [1.807, 2.05) is 36.9 Å². The van der Waals surface area contributed by atoms with E-state index in [9.17, 15) is 8.78 Å². The average molecular weight is 461 g/mol. The number of pyridine rings is 2. The van der Waals surface area contributed by atoms with Crippen molar-refractivity contribution in [1.29, 1.82) is 0 Å². The number of fused-ring (bicyclic) bond motifs is 1. The zero-order chi connectivity index (χ0) is 23.4. The fourth-order valence-electron chi connectivity index (χ4n) is 4.85. The van der Waals surface area contributed by atoms with Gasteiger partial charge in [-0.1, -0.05) is 0 Å². The van der Waals surface area contributed by atoms with Crippen LogP contribution in [0.15, 0.2) is 42.7 Å². The number of halogens is 2. The van der Waals surface area contributed by atoms with Crippen LogP contribution in [0.3, 0.4) is 0 Å². The van der Waals surface area contributed by atoms with Gasteiger partial charge in [-0.25, -0.2) is 18.7 Å².